The van der Waals surface area contributed by atoms with Gasteiger partial charge in [-0.05, 0) is 47.4 Å². The molecule has 6 rings (SSSR count). The molecule has 42 heavy (non-hydrogen) atoms. The summed E-state index contributed by atoms with van der Waals surface area (Å²) in [6.45, 7) is 6.64. The van der Waals surface area contributed by atoms with Gasteiger partial charge >= 0.3 is 0 Å². The molecular weight excluding hydrogens is 524 g/mol. The number of pyridine rings is 1. The van der Waals surface area contributed by atoms with Crippen LogP contribution >= 0.6 is 0 Å². The summed E-state index contributed by atoms with van der Waals surface area (Å²) < 4.78 is 17.1. The molecule has 6 aromatic rings. The van der Waals surface area contributed by atoms with E-state index in [1.54, 1.807) is 20.4 Å². The zero-order valence-electron chi connectivity index (χ0n) is 24.3. The molecule has 2 heterocycles. The minimum Gasteiger partial charge on any atom is -0.493 e. The Morgan fingerprint density at radius 2 is 1.36 bits per heavy atom. The van der Waals surface area contributed by atoms with Gasteiger partial charge in [-0.3, -0.25) is 4.98 Å². The van der Waals surface area contributed by atoms with E-state index in [-0.39, 0.29) is 5.41 Å². The van der Waals surface area contributed by atoms with E-state index in [9.17, 15) is 0 Å². The Morgan fingerprint density at radius 3 is 2.05 bits per heavy atom. The predicted molar refractivity (Wildman–Crippen MR) is 168 cm³/mol. The molecule has 0 atom stereocenters. The van der Waals surface area contributed by atoms with Gasteiger partial charge in [0.15, 0.2) is 17.3 Å². The normalized spacial score (nSPS) is 11.5. The molecule has 0 spiro atoms. The lowest BCUT2D eigenvalue weighted by atomic mass is 9.86. The molecule has 0 aliphatic heterocycles. The molecule has 0 radical (unpaired) electrons. The molecule has 7 nitrogen and oxygen atoms in total. The van der Waals surface area contributed by atoms with Crippen molar-refractivity contribution in [2.75, 3.05) is 19.5 Å². The highest BCUT2D eigenvalue weighted by Gasteiger charge is 2.16. The summed E-state index contributed by atoms with van der Waals surface area (Å²) >= 11 is 0. The van der Waals surface area contributed by atoms with Gasteiger partial charge in [0.25, 0.3) is 0 Å². The zero-order valence-corrected chi connectivity index (χ0v) is 24.3. The number of ether oxygens (including phenoxy) is 3. The van der Waals surface area contributed by atoms with E-state index in [0.717, 1.165) is 38.6 Å². The fourth-order valence-corrected chi connectivity index (χ4v) is 4.94. The molecule has 7 heteroatoms. The van der Waals surface area contributed by atoms with Gasteiger partial charge in [0.2, 0.25) is 0 Å². The topological polar surface area (TPSA) is 78.4 Å². The number of fused-ring (bicyclic) bond motifs is 2. The maximum atomic E-state index is 6.24. The van der Waals surface area contributed by atoms with E-state index in [1.165, 1.54) is 5.56 Å². The van der Waals surface area contributed by atoms with Crippen molar-refractivity contribution in [3.05, 3.63) is 103 Å². The molecule has 0 saturated carbocycles. The average Bonchev–Trinajstić information content (AvgIpc) is 3.01. The van der Waals surface area contributed by atoms with Crippen molar-refractivity contribution in [3.63, 3.8) is 0 Å². The molecule has 0 fully saturated rings. The van der Waals surface area contributed by atoms with Crippen LogP contribution in [0.3, 0.4) is 0 Å². The van der Waals surface area contributed by atoms with E-state index in [0.29, 0.717) is 28.8 Å². The van der Waals surface area contributed by atoms with Crippen LogP contribution in [-0.2, 0) is 5.41 Å². The van der Waals surface area contributed by atoms with Crippen LogP contribution in [0.1, 0.15) is 26.3 Å². The van der Waals surface area contributed by atoms with E-state index in [1.807, 2.05) is 54.6 Å². The molecule has 1 N–H and O–H groups in total. The Balaban J connectivity index is 1.25. The van der Waals surface area contributed by atoms with E-state index < -0.39 is 0 Å². The van der Waals surface area contributed by atoms with Gasteiger partial charge in [0, 0.05) is 39.7 Å². The summed E-state index contributed by atoms with van der Waals surface area (Å²) in [5.74, 6) is 3.28. The van der Waals surface area contributed by atoms with Gasteiger partial charge in [-0.1, -0.05) is 69.3 Å². The highest BCUT2D eigenvalue weighted by atomic mass is 16.5. The monoisotopic (exact) mass is 556 g/mol. The zero-order chi connectivity index (χ0) is 29.3. The Morgan fingerprint density at radius 1 is 0.667 bits per heavy atom. The maximum Gasteiger partial charge on any atom is 0.162 e. The van der Waals surface area contributed by atoms with Gasteiger partial charge in [-0.2, -0.15) is 0 Å². The second-order valence-electron chi connectivity index (χ2n) is 11.1. The van der Waals surface area contributed by atoms with Gasteiger partial charge in [0.05, 0.1) is 19.7 Å². The second kappa shape index (κ2) is 11.0. The lowest BCUT2D eigenvalue weighted by molar-refractivity contribution is 0.355. The van der Waals surface area contributed by atoms with Crippen molar-refractivity contribution >= 4 is 33.2 Å². The van der Waals surface area contributed by atoms with Crippen LogP contribution in [0.5, 0.6) is 23.0 Å². The maximum absolute atomic E-state index is 6.24. The molecule has 2 aromatic heterocycles. The molecule has 0 saturated heterocycles. The van der Waals surface area contributed by atoms with Crippen molar-refractivity contribution in [3.8, 4) is 34.3 Å². The van der Waals surface area contributed by atoms with E-state index in [4.69, 9.17) is 14.2 Å². The third-order valence-corrected chi connectivity index (χ3v) is 7.26. The molecule has 0 unspecified atom stereocenters. The van der Waals surface area contributed by atoms with Crippen LogP contribution in [0.2, 0.25) is 0 Å². The number of benzene rings is 4. The molecule has 0 bridgehead atoms. The van der Waals surface area contributed by atoms with Crippen molar-refractivity contribution in [2.45, 2.75) is 26.2 Å². The number of methoxy groups -OCH3 is 2. The average molecular weight is 557 g/mol. The summed E-state index contributed by atoms with van der Waals surface area (Å²) in [5, 5.41) is 15.5. The van der Waals surface area contributed by atoms with Crippen molar-refractivity contribution in [1.29, 1.82) is 0 Å². The Kier molecular flexibility index (Phi) is 7.08. The molecule has 0 aliphatic rings. The largest absolute Gasteiger partial charge is 0.493 e. The molecular formula is C35H32N4O3. The minimum absolute atomic E-state index is 0.0917. The van der Waals surface area contributed by atoms with Crippen LogP contribution in [0.4, 0.5) is 11.5 Å². The van der Waals surface area contributed by atoms with Crippen LogP contribution in [0, 0.1) is 0 Å². The highest BCUT2D eigenvalue weighted by molar-refractivity contribution is 6.00. The highest BCUT2D eigenvalue weighted by Crippen LogP contribution is 2.37. The molecule has 0 aliphatic carbocycles. The summed E-state index contributed by atoms with van der Waals surface area (Å²) in [6.07, 6.45) is 1.71. The number of anilines is 2. The summed E-state index contributed by atoms with van der Waals surface area (Å²) in [6, 6.07) is 30.1. The first-order valence-corrected chi connectivity index (χ1v) is 13.8. The first-order chi connectivity index (χ1) is 20.3. The van der Waals surface area contributed by atoms with Crippen LogP contribution in [-0.4, -0.2) is 29.4 Å². The molecule has 4 aromatic carbocycles. The van der Waals surface area contributed by atoms with Gasteiger partial charge in [-0.15, -0.1) is 10.2 Å². The van der Waals surface area contributed by atoms with Crippen LogP contribution in [0.25, 0.3) is 32.9 Å². The Hall–Kier alpha value is -5.17. The molecule has 210 valence electrons. The van der Waals surface area contributed by atoms with Gasteiger partial charge < -0.3 is 19.5 Å². The second-order valence-corrected chi connectivity index (χ2v) is 11.1. The van der Waals surface area contributed by atoms with Crippen LogP contribution < -0.4 is 19.5 Å². The van der Waals surface area contributed by atoms with Crippen LogP contribution in [0.15, 0.2) is 97.2 Å². The number of nitrogens with one attached hydrogen (secondary N) is 1. The third kappa shape index (κ3) is 5.29. The van der Waals surface area contributed by atoms with E-state index >= 15 is 0 Å². The first-order valence-electron chi connectivity index (χ1n) is 13.8. The quantitative estimate of drug-likeness (QED) is 0.211. The summed E-state index contributed by atoms with van der Waals surface area (Å²) in [4.78, 5) is 4.45. The number of hydrogen-bond acceptors (Lipinski definition) is 7. The smallest absolute Gasteiger partial charge is 0.162 e. The van der Waals surface area contributed by atoms with Gasteiger partial charge in [0.1, 0.15) is 17.2 Å². The van der Waals surface area contributed by atoms with E-state index in [2.05, 4.69) is 77.7 Å². The van der Waals surface area contributed by atoms with Crippen molar-refractivity contribution < 1.29 is 14.2 Å². The number of hydrogen-bond donors (Lipinski definition) is 1. The lowest BCUT2D eigenvalue weighted by Gasteiger charge is -2.19. The fraction of sp³-hybridized carbons (Fsp3) is 0.171. The summed E-state index contributed by atoms with van der Waals surface area (Å²) in [7, 11) is 3.21. The number of nitrogens with zero attached hydrogens (tertiary/aromatic N) is 3. The van der Waals surface area contributed by atoms with Crippen molar-refractivity contribution in [1.82, 2.24) is 15.2 Å². The number of aromatic nitrogens is 3. The third-order valence-electron chi connectivity index (χ3n) is 7.26. The molecule has 0 amide bonds. The Labute approximate surface area is 245 Å². The standard InChI is InChI=1S/C35H32N4O3/c1-35(2,3)23-12-10-22(11-13-23)33-26-8-6-7-9-27(26)34(39-38-33)37-24-14-16-25(17-15-24)42-30-18-19-36-29-21-32(41-5)31(40-4)20-28(29)30/h6-21H,1-5H3,(H,37,39). The minimum atomic E-state index is 0.0917. The Bertz CT molecular complexity index is 1880. The SMILES string of the molecule is COc1cc2nccc(Oc3ccc(Nc4nnc(-c5ccc(C(C)(C)C)cc5)c5ccccc45)cc3)c2cc1OC. The predicted octanol–water partition coefficient (Wildman–Crippen LogP) is 8.70. The summed E-state index contributed by atoms with van der Waals surface area (Å²) in [5.41, 5.74) is 4.90. The lowest BCUT2D eigenvalue weighted by Crippen LogP contribution is -2.10. The van der Waals surface area contributed by atoms with Crippen molar-refractivity contribution in [2.24, 2.45) is 0 Å². The van der Waals surface area contributed by atoms with Gasteiger partial charge in [-0.25, -0.2) is 0 Å². The fourth-order valence-electron chi connectivity index (χ4n) is 4.94. The number of rotatable bonds is 7. The first kappa shape index (κ1) is 27.0.